The van der Waals surface area contributed by atoms with Crippen molar-refractivity contribution in [1.82, 2.24) is 20.0 Å². The molecular weight excluding hydrogens is 392 g/mol. The summed E-state index contributed by atoms with van der Waals surface area (Å²) in [5, 5.41) is 6.83. The third-order valence-electron chi connectivity index (χ3n) is 5.67. The molecule has 4 rings (SSSR count). The molecule has 0 saturated carbocycles. The molecule has 1 saturated heterocycles. The van der Waals surface area contributed by atoms with Gasteiger partial charge in [-0.15, -0.1) is 0 Å². The van der Waals surface area contributed by atoms with E-state index in [4.69, 9.17) is 0 Å². The second-order valence-corrected chi connectivity index (χ2v) is 7.79. The number of nitrogens with zero attached hydrogens (tertiary/aromatic N) is 3. The molecule has 2 amide bonds. The van der Waals surface area contributed by atoms with Gasteiger partial charge in [0, 0.05) is 43.0 Å². The Balaban J connectivity index is 1.45. The SMILES string of the molecule is Cc1cc(-c2ccn[nH]2)ccc1C(=O)C(=O)N1CCN(C(=O)c2ccccc2)CC1C. The number of carbonyl (C=O) groups is 3. The number of amides is 2. The van der Waals surface area contributed by atoms with Gasteiger partial charge in [-0.05, 0) is 55.3 Å². The van der Waals surface area contributed by atoms with Crippen LogP contribution in [0.3, 0.4) is 0 Å². The summed E-state index contributed by atoms with van der Waals surface area (Å²) in [6.45, 7) is 4.80. The van der Waals surface area contributed by atoms with Crippen LogP contribution >= 0.6 is 0 Å². The number of piperazine rings is 1. The zero-order chi connectivity index (χ0) is 22.0. The maximum Gasteiger partial charge on any atom is 0.295 e. The predicted molar refractivity (Wildman–Crippen MR) is 117 cm³/mol. The molecule has 1 atom stereocenters. The van der Waals surface area contributed by atoms with Crippen LogP contribution in [0.25, 0.3) is 11.3 Å². The van der Waals surface area contributed by atoms with Crippen molar-refractivity contribution in [3.05, 3.63) is 77.5 Å². The van der Waals surface area contributed by atoms with Crippen LogP contribution in [0.5, 0.6) is 0 Å². The summed E-state index contributed by atoms with van der Waals surface area (Å²) in [5.41, 5.74) is 3.50. The first kappa shape index (κ1) is 20.5. The van der Waals surface area contributed by atoms with Gasteiger partial charge in [-0.2, -0.15) is 5.10 Å². The molecule has 1 aliphatic heterocycles. The first-order valence-corrected chi connectivity index (χ1v) is 10.3. The Kier molecular flexibility index (Phi) is 5.66. The highest BCUT2D eigenvalue weighted by molar-refractivity contribution is 6.43. The minimum absolute atomic E-state index is 0.0592. The average Bonchev–Trinajstić information content (AvgIpc) is 3.33. The lowest BCUT2D eigenvalue weighted by molar-refractivity contribution is -0.130. The molecule has 0 bridgehead atoms. The Morgan fingerprint density at radius 3 is 2.45 bits per heavy atom. The monoisotopic (exact) mass is 416 g/mol. The lowest BCUT2D eigenvalue weighted by atomic mass is 9.99. The van der Waals surface area contributed by atoms with Crippen molar-refractivity contribution >= 4 is 17.6 Å². The van der Waals surface area contributed by atoms with Crippen molar-refractivity contribution in [2.45, 2.75) is 19.9 Å². The maximum absolute atomic E-state index is 13.0. The van der Waals surface area contributed by atoms with Crippen molar-refractivity contribution in [3.8, 4) is 11.3 Å². The summed E-state index contributed by atoms with van der Waals surface area (Å²) < 4.78 is 0. The van der Waals surface area contributed by atoms with Crippen molar-refractivity contribution in [3.63, 3.8) is 0 Å². The third kappa shape index (κ3) is 4.12. The van der Waals surface area contributed by atoms with Crippen LogP contribution in [0, 0.1) is 6.92 Å². The molecule has 3 aromatic rings. The fourth-order valence-corrected chi connectivity index (χ4v) is 3.96. The Morgan fingerprint density at radius 1 is 1.03 bits per heavy atom. The number of aromatic nitrogens is 2. The van der Waals surface area contributed by atoms with Crippen LogP contribution in [0.1, 0.15) is 33.2 Å². The highest BCUT2D eigenvalue weighted by Gasteiger charge is 2.33. The Bertz CT molecular complexity index is 1110. The van der Waals surface area contributed by atoms with E-state index in [0.717, 1.165) is 16.8 Å². The molecule has 7 nitrogen and oxygen atoms in total. The van der Waals surface area contributed by atoms with Crippen LogP contribution in [0.2, 0.25) is 0 Å². The number of Topliss-reactive ketones (excluding diaryl/α,β-unsaturated/α-hetero) is 1. The minimum atomic E-state index is -0.531. The van der Waals surface area contributed by atoms with Crippen LogP contribution in [0.15, 0.2) is 60.8 Å². The van der Waals surface area contributed by atoms with E-state index in [0.29, 0.717) is 30.8 Å². The number of rotatable bonds is 4. The molecule has 2 heterocycles. The molecule has 0 aliphatic carbocycles. The number of aromatic amines is 1. The zero-order valence-electron chi connectivity index (χ0n) is 17.5. The van der Waals surface area contributed by atoms with E-state index in [-0.39, 0.29) is 11.9 Å². The van der Waals surface area contributed by atoms with Crippen molar-refractivity contribution in [2.75, 3.05) is 19.6 Å². The summed E-state index contributed by atoms with van der Waals surface area (Å²) in [7, 11) is 0. The molecule has 7 heteroatoms. The summed E-state index contributed by atoms with van der Waals surface area (Å²) in [5.74, 6) is -1.11. The fraction of sp³-hybridized carbons (Fsp3) is 0.250. The summed E-state index contributed by atoms with van der Waals surface area (Å²) in [6, 6.07) is 16.0. The van der Waals surface area contributed by atoms with Gasteiger partial charge in [-0.1, -0.05) is 24.3 Å². The van der Waals surface area contributed by atoms with Gasteiger partial charge in [0.2, 0.25) is 0 Å². The normalized spacial score (nSPS) is 16.3. The van der Waals surface area contributed by atoms with E-state index < -0.39 is 11.7 Å². The maximum atomic E-state index is 13.0. The minimum Gasteiger partial charge on any atom is -0.335 e. The molecule has 1 unspecified atom stereocenters. The van der Waals surface area contributed by atoms with E-state index in [9.17, 15) is 14.4 Å². The predicted octanol–water partition coefficient (Wildman–Crippen LogP) is 2.94. The highest BCUT2D eigenvalue weighted by Crippen LogP contribution is 2.22. The molecule has 158 valence electrons. The number of aryl methyl sites for hydroxylation is 1. The van der Waals surface area contributed by atoms with Gasteiger partial charge in [0.15, 0.2) is 0 Å². The third-order valence-corrected chi connectivity index (χ3v) is 5.67. The standard InChI is InChI=1S/C24H24N4O3/c1-16-14-19(21-10-11-25-26-21)8-9-20(16)22(29)24(31)28-13-12-27(15-17(28)2)23(30)18-6-4-3-5-7-18/h3-11,14,17H,12-13,15H2,1-2H3,(H,25,26). The Labute approximate surface area is 180 Å². The van der Waals surface area contributed by atoms with Crippen LogP contribution < -0.4 is 0 Å². The Morgan fingerprint density at radius 2 is 1.81 bits per heavy atom. The first-order chi connectivity index (χ1) is 15.0. The van der Waals surface area contributed by atoms with Crippen molar-refractivity contribution in [1.29, 1.82) is 0 Å². The van der Waals surface area contributed by atoms with Crippen LogP contribution in [-0.4, -0.2) is 63.3 Å². The largest absolute Gasteiger partial charge is 0.335 e. The first-order valence-electron chi connectivity index (χ1n) is 10.3. The number of benzene rings is 2. The highest BCUT2D eigenvalue weighted by atomic mass is 16.2. The van der Waals surface area contributed by atoms with Crippen LogP contribution in [-0.2, 0) is 4.79 Å². The molecule has 2 aromatic carbocycles. The van der Waals surface area contributed by atoms with Crippen molar-refractivity contribution < 1.29 is 14.4 Å². The number of hydrogen-bond donors (Lipinski definition) is 1. The summed E-state index contributed by atoms with van der Waals surface area (Å²) in [4.78, 5) is 41.9. The molecule has 0 radical (unpaired) electrons. The van der Waals surface area contributed by atoms with Gasteiger partial charge >= 0.3 is 0 Å². The van der Waals surface area contributed by atoms with E-state index in [2.05, 4.69) is 10.2 Å². The second kappa shape index (κ2) is 8.55. The smallest absolute Gasteiger partial charge is 0.295 e. The topological polar surface area (TPSA) is 86.4 Å². The molecule has 1 fully saturated rings. The second-order valence-electron chi connectivity index (χ2n) is 7.79. The molecule has 1 aromatic heterocycles. The van der Waals surface area contributed by atoms with Crippen molar-refractivity contribution in [2.24, 2.45) is 0 Å². The van der Waals surface area contributed by atoms with Gasteiger partial charge in [-0.3, -0.25) is 19.5 Å². The van der Waals surface area contributed by atoms with Gasteiger partial charge in [0.05, 0.1) is 5.69 Å². The zero-order valence-corrected chi connectivity index (χ0v) is 17.5. The van der Waals surface area contributed by atoms with Gasteiger partial charge in [0.1, 0.15) is 0 Å². The molecular formula is C24H24N4O3. The lowest BCUT2D eigenvalue weighted by Crippen LogP contribution is -2.56. The van der Waals surface area contributed by atoms with Gasteiger partial charge < -0.3 is 9.80 Å². The van der Waals surface area contributed by atoms with E-state index in [1.165, 1.54) is 0 Å². The number of hydrogen-bond acceptors (Lipinski definition) is 4. The average molecular weight is 416 g/mol. The molecule has 0 spiro atoms. The molecule has 31 heavy (non-hydrogen) atoms. The fourth-order valence-electron chi connectivity index (χ4n) is 3.96. The number of ketones is 1. The quantitative estimate of drug-likeness (QED) is 0.523. The van der Waals surface area contributed by atoms with E-state index >= 15 is 0 Å². The van der Waals surface area contributed by atoms with Gasteiger partial charge in [0.25, 0.3) is 17.6 Å². The van der Waals surface area contributed by atoms with E-state index in [1.54, 1.807) is 40.3 Å². The lowest BCUT2D eigenvalue weighted by Gasteiger charge is -2.39. The number of carbonyl (C=O) groups excluding carboxylic acids is 3. The Hall–Kier alpha value is -3.74. The number of H-pyrrole nitrogens is 1. The summed E-state index contributed by atoms with van der Waals surface area (Å²) in [6.07, 6.45) is 1.66. The molecule has 1 N–H and O–H groups in total. The summed E-state index contributed by atoms with van der Waals surface area (Å²) >= 11 is 0. The molecule has 1 aliphatic rings. The van der Waals surface area contributed by atoms with Gasteiger partial charge in [-0.25, -0.2) is 0 Å². The van der Waals surface area contributed by atoms with E-state index in [1.807, 2.05) is 44.2 Å². The number of nitrogens with one attached hydrogen (secondary N) is 1. The van der Waals surface area contributed by atoms with Crippen LogP contribution in [0.4, 0.5) is 0 Å².